The fraction of sp³-hybridized carbons (Fsp3) is 0.385. The Kier molecular flexibility index (Phi) is 3.56. The predicted octanol–water partition coefficient (Wildman–Crippen LogP) is 0.794. The summed E-state index contributed by atoms with van der Waals surface area (Å²) in [6.07, 6.45) is 2.25. The first-order valence-corrected chi connectivity index (χ1v) is 7.59. The number of nitrogens with one attached hydrogen (secondary N) is 1. The lowest BCUT2D eigenvalue weighted by molar-refractivity contribution is 0.331. The van der Waals surface area contributed by atoms with Crippen molar-refractivity contribution in [3.05, 3.63) is 42.5 Å². The summed E-state index contributed by atoms with van der Waals surface area (Å²) in [5, 5.41) is 3.32. The molecule has 0 aliphatic carbocycles. The van der Waals surface area contributed by atoms with Crippen LogP contribution in [0.2, 0.25) is 0 Å². The van der Waals surface area contributed by atoms with Gasteiger partial charge in [-0.05, 0) is 18.1 Å². The van der Waals surface area contributed by atoms with Crippen LogP contribution in [0.4, 0.5) is 0 Å². The quantitative estimate of drug-likeness (QED) is 0.791. The van der Waals surface area contributed by atoms with E-state index in [-0.39, 0.29) is 5.75 Å². The Hall–Kier alpha value is -1.17. The van der Waals surface area contributed by atoms with E-state index in [4.69, 9.17) is 5.73 Å². The Morgan fingerprint density at radius 2 is 2.17 bits per heavy atom. The monoisotopic (exact) mass is 266 g/mol. The molecule has 0 radical (unpaired) electrons. The number of nitrogens with two attached hydrogens (primary N) is 1. The van der Waals surface area contributed by atoms with Gasteiger partial charge in [0.25, 0.3) is 0 Å². The van der Waals surface area contributed by atoms with E-state index >= 15 is 0 Å². The van der Waals surface area contributed by atoms with Crippen LogP contribution in [-0.2, 0) is 15.4 Å². The number of hydrogen-bond acceptors (Lipinski definition) is 4. The minimum Gasteiger partial charge on any atom is -0.328 e. The third kappa shape index (κ3) is 2.09. The maximum Gasteiger partial charge on any atom is 0.178 e. The van der Waals surface area contributed by atoms with Crippen LogP contribution in [-0.4, -0.2) is 27.3 Å². The number of benzene rings is 1. The van der Waals surface area contributed by atoms with Crippen LogP contribution in [0.15, 0.2) is 41.8 Å². The van der Waals surface area contributed by atoms with Crippen molar-refractivity contribution in [2.45, 2.75) is 16.9 Å². The van der Waals surface area contributed by atoms with Gasteiger partial charge in [-0.1, -0.05) is 24.3 Å². The standard InChI is InChI=1S/C13H18N2O2S/c1-2-8-15-13(10-14)7-9-18(16,17)12-6-4-3-5-11(12)13/h2-6,15H,1,7-10,14H2. The number of sulfone groups is 1. The minimum absolute atomic E-state index is 0.130. The van der Waals surface area contributed by atoms with Crippen LogP contribution in [0, 0.1) is 0 Å². The molecular formula is C13H18N2O2S. The fourth-order valence-corrected chi connectivity index (χ4v) is 4.14. The highest BCUT2D eigenvalue weighted by Gasteiger charge is 2.40. The molecule has 3 N–H and O–H groups in total. The molecule has 1 aliphatic heterocycles. The van der Waals surface area contributed by atoms with Gasteiger partial charge in [0, 0.05) is 13.1 Å². The van der Waals surface area contributed by atoms with Crippen molar-refractivity contribution in [3.8, 4) is 0 Å². The first-order valence-electron chi connectivity index (χ1n) is 5.94. The number of rotatable bonds is 4. The largest absolute Gasteiger partial charge is 0.328 e. The zero-order chi connectivity index (χ0) is 13.2. The lowest BCUT2D eigenvalue weighted by Gasteiger charge is -2.38. The number of fused-ring (bicyclic) bond motifs is 1. The average molecular weight is 266 g/mol. The van der Waals surface area contributed by atoms with Gasteiger partial charge in [-0.3, -0.25) is 0 Å². The normalized spacial score (nSPS) is 25.4. The van der Waals surface area contributed by atoms with Gasteiger partial charge in [-0.2, -0.15) is 0 Å². The summed E-state index contributed by atoms with van der Waals surface area (Å²) in [4.78, 5) is 0.401. The van der Waals surface area contributed by atoms with E-state index in [1.54, 1.807) is 18.2 Å². The molecule has 0 amide bonds. The van der Waals surface area contributed by atoms with E-state index in [1.807, 2.05) is 12.1 Å². The van der Waals surface area contributed by atoms with Crippen molar-refractivity contribution in [1.82, 2.24) is 5.32 Å². The molecule has 5 heteroatoms. The molecule has 0 saturated heterocycles. The van der Waals surface area contributed by atoms with Crippen LogP contribution in [0.1, 0.15) is 12.0 Å². The second-order valence-electron chi connectivity index (χ2n) is 4.52. The highest BCUT2D eigenvalue weighted by molar-refractivity contribution is 7.91. The topological polar surface area (TPSA) is 72.2 Å². The molecule has 1 heterocycles. The third-order valence-corrected chi connectivity index (χ3v) is 5.24. The van der Waals surface area contributed by atoms with Crippen LogP contribution in [0.5, 0.6) is 0 Å². The second kappa shape index (κ2) is 4.84. The third-order valence-electron chi connectivity index (χ3n) is 3.47. The summed E-state index contributed by atoms with van der Waals surface area (Å²) in [6.45, 7) is 4.64. The van der Waals surface area contributed by atoms with Gasteiger partial charge in [0.05, 0.1) is 16.2 Å². The first kappa shape index (κ1) is 13.3. The van der Waals surface area contributed by atoms with E-state index in [9.17, 15) is 8.42 Å². The zero-order valence-corrected chi connectivity index (χ0v) is 11.0. The molecule has 18 heavy (non-hydrogen) atoms. The molecule has 1 aromatic rings. The molecule has 0 spiro atoms. The van der Waals surface area contributed by atoms with Gasteiger partial charge in [-0.25, -0.2) is 8.42 Å². The van der Waals surface area contributed by atoms with Crippen molar-refractivity contribution in [3.63, 3.8) is 0 Å². The summed E-state index contributed by atoms with van der Waals surface area (Å²) in [5.41, 5.74) is 6.21. The first-order chi connectivity index (χ1) is 8.56. The number of hydrogen-bond donors (Lipinski definition) is 2. The minimum atomic E-state index is -3.17. The van der Waals surface area contributed by atoms with Gasteiger partial charge in [0.1, 0.15) is 0 Å². The molecule has 0 saturated carbocycles. The molecule has 0 fully saturated rings. The van der Waals surface area contributed by atoms with Crippen molar-refractivity contribution < 1.29 is 8.42 Å². The van der Waals surface area contributed by atoms with Crippen molar-refractivity contribution in [2.75, 3.05) is 18.8 Å². The lowest BCUT2D eigenvalue weighted by Crippen LogP contribution is -2.52. The molecule has 4 nitrogen and oxygen atoms in total. The van der Waals surface area contributed by atoms with Gasteiger partial charge in [0.15, 0.2) is 9.84 Å². The average Bonchev–Trinajstić information content (AvgIpc) is 2.39. The maximum absolute atomic E-state index is 12.1. The van der Waals surface area contributed by atoms with Crippen molar-refractivity contribution in [1.29, 1.82) is 0 Å². The smallest absolute Gasteiger partial charge is 0.178 e. The Morgan fingerprint density at radius 3 is 2.83 bits per heavy atom. The SMILES string of the molecule is C=CCNC1(CN)CCS(=O)(=O)c2ccccc21. The molecule has 1 atom stereocenters. The summed E-state index contributed by atoms with van der Waals surface area (Å²) < 4.78 is 24.1. The summed E-state index contributed by atoms with van der Waals surface area (Å²) in [6, 6.07) is 7.09. The molecule has 0 aromatic heterocycles. The van der Waals surface area contributed by atoms with E-state index in [0.29, 0.717) is 24.4 Å². The Bertz CT molecular complexity index is 554. The van der Waals surface area contributed by atoms with Crippen molar-refractivity contribution >= 4 is 9.84 Å². The summed E-state index contributed by atoms with van der Waals surface area (Å²) >= 11 is 0. The van der Waals surface area contributed by atoms with Crippen molar-refractivity contribution in [2.24, 2.45) is 5.73 Å². The summed E-state index contributed by atoms with van der Waals surface area (Å²) in [5.74, 6) is 0.130. The van der Waals surface area contributed by atoms with E-state index < -0.39 is 15.4 Å². The van der Waals surface area contributed by atoms with E-state index in [1.165, 1.54) is 0 Å². The van der Waals surface area contributed by atoms with Crippen LogP contribution in [0.3, 0.4) is 0 Å². The van der Waals surface area contributed by atoms with Gasteiger partial charge in [0.2, 0.25) is 0 Å². The Balaban J connectivity index is 2.55. The van der Waals surface area contributed by atoms with Crippen LogP contribution < -0.4 is 11.1 Å². The molecule has 2 rings (SSSR count). The van der Waals surface area contributed by atoms with Crippen LogP contribution >= 0.6 is 0 Å². The van der Waals surface area contributed by atoms with Gasteiger partial charge in [-0.15, -0.1) is 6.58 Å². The summed E-state index contributed by atoms with van der Waals surface area (Å²) in [7, 11) is -3.17. The van der Waals surface area contributed by atoms with Gasteiger partial charge >= 0.3 is 0 Å². The van der Waals surface area contributed by atoms with Crippen LogP contribution in [0.25, 0.3) is 0 Å². The molecule has 1 unspecified atom stereocenters. The molecule has 1 aromatic carbocycles. The molecule has 1 aliphatic rings. The highest BCUT2D eigenvalue weighted by Crippen LogP contribution is 2.36. The molecule has 0 bridgehead atoms. The Labute approximate surface area is 108 Å². The second-order valence-corrected chi connectivity index (χ2v) is 6.60. The highest BCUT2D eigenvalue weighted by atomic mass is 32.2. The zero-order valence-electron chi connectivity index (χ0n) is 10.2. The van der Waals surface area contributed by atoms with E-state index in [0.717, 1.165) is 5.56 Å². The fourth-order valence-electron chi connectivity index (χ4n) is 2.42. The molecule has 98 valence electrons. The molecular weight excluding hydrogens is 248 g/mol. The van der Waals surface area contributed by atoms with E-state index in [2.05, 4.69) is 11.9 Å². The maximum atomic E-state index is 12.1. The predicted molar refractivity (Wildman–Crippen MR) is 72.0 cm³/mol. The lowest BCUT2D eigenvalue weighted by atomic mass is 9.86. The Morgan fingerprint density at radius 1 is 1.44 bits per heavy atom. The van der Waals surface area contributed by atoms with Gasteiger partial charge < -0.3 is 11.1 Å².